The molecule has 40 heteroatoms. The molecule has 130 heavy (non-hydrogen) atoms. The molecule has 5 aromatic rings. The highest BCUT2D eigenvalue weighted by Gasteiger charge is 2.46. The zero-order valence-electron chi connectivity index (χ0n) is 73.8. The molecule has 4 aromatic carbocycles. The number of carboxylic acids is 1. The minimum atomic E-state index is -1.93. The van der Waals surface area contributed by atoms with Crippen molar-refractivity contribution in [1.29, 1.82) is 5.41 Å². The standard InChI is InChI=1S/C88H119N17O22S.C2H6.H2/c1-48(106)79-87(125)103-67(38-57-46-98-61-12-6-5-11-60(57)61)86(124)99-62(23-25-75(93)113)69(108)42-58(47-128-34-27-63(68(107)39-53(82(120)104-79)19-24-74(92)112)100-85(123)64(97-2)13-7-8-14-73(90)91)83(121)101-65(37-49-16-21-59(22-17-49)127-33-30-89)71(110)41-56(36-50-15-18-51-9-3-4-10-52(51)35-50)84(122)105-88(28-31-126-32-29-88)72(111)43-54(20-26-78(116)117)81(119)102-66(45-77(95)115)70(109)40-55(80(96)118)44-76(94)114;1-2;/h3-6,9-12,15-18,21-22,35,46,48,53-56,58,62-67,79,97-98,106H,7-8,13-14,19-20,23-34,36-45,47,89H2,1-2H3,(H3,90,91)(H2,92,112)(H2,93,113)(H2,94,114)(H2,95,115)(H2,96,118)(H,99,124)(H,100,123)(H,101,121)(H,102,119)(H,103,125)(H,104,120)(H,105,122)(H,116,117);1-2H3;1H/i;;1+1. The summed E-state index contributed by atoms with van der Waals surface area (Å²) in [6.07, 6.45) is -8.99. The van der Waals surface area contributed by atoms with Gasteiger partial charge in [-0.15, -0.1) is 0 Å². The molecule has 0 bridgehead atoms. The number of thioether (sulfide) groups is 1. The second-order valence-corrected chi connectivity index (χ2v) is 33.8. The van der Waals surface area contributed by atoms with Gasteiger partial charge in [0.05, 0.1) is 60.4 Å². The first kappa shape index (κ1) is 106. The number of nitrogens with one attached hydrogen (secondary N) is 10. The number of H-pyrrole nitrogens is 1. The number of primary amides is 5. The van der Waals surface area contributed by atoms with Crippen LogP contribution in [0, 0.1) is 35.0 Å². The summed E-state index contributed by atoms with van der Waals surface area (Å²) in [6, 6.07) is 14.8. The Hall–Kier alpha value is -12.4. The van der Waals surface area contributed by atoms with E-state index in [9.17, 15) is 63.0 Å². The molecule has 0 spiro atoms. The summed E-state index contributed by atoms with van der Waals surface area (Å²) in [5.74, 6) is -25.2. The first-order valence-corrected chi connectivity index (χ1v) is 44.7. The maximum Gasteiger partial charge on any atom is 0.303 e. The number of amidine groups is 1. The number of unbranched alkanes of at least 4 members (excludes halogenated alkanes) is 1. The van der Waals surface area contributed by atoms with Gasteiger partial charge in [0, 0.05) is 145 Å². The van der Waals surface area contributed by atoms with Crippen molar-refractivity contribution in [2.24, 2.45) is 69.7 Å². The predicted molar refractivity (Wildman–Crippen MR) is 483 cm³/mol. The second-order valence-electron chi connectivity index (χ2n) is 32.6. The number of para-hydroxylation sites is 1. The molecule has 0 radical (unpaired) electrons. The molecule has 2 aliphatic rings. The van der Waals surface area contributed by atoms with Gasteiger partial charge in [-0.1, -0.05) is 93.1 Å². The maximum absolute atomic E-state index is 16.0. The number of carbonyl (C=O) groups excluding carboxylic acids is 17. The van der Waals surface area contributed by atoms with Gasteiger partial charge in [0.2, 0.25) is 70.9 Å². The summed E-state index contributed by atoms with van der Waals surface area (Å²) >= 11 is 1.00. The average molecular weight is 1830 g/mol. The fourth-order valence-corrected chi connectivity index (χ4v) is 16.6. The van der Waals surface area contributed by atoms with Gasteiger partial charge in [0.25, 0.3) is 0 Å². The van der Waals surface area contributed by atoms with Crippen molar-refractivity contribution in [1.82, 2.24) is 47.5 Å². The van der Waals surface area contributed by atoms with Crippen LogP contribution in [0.15, 0.2) is 97.2 Å². The van der Waals surface area contributed by atoms with Crippen LogP contribution in [0.5, 0.6) is 5.75 Å². The summed E-state index contributed by atoms with van der Waals surface area (Å²) in [5, 5.41) is 52.7. The number of benzene rings is 4. The van der Waals surface area contributed by atoms with E-state index >= 15 is 33.6 Å². The van der Waals surface area contributed by atoms with E-state index in [2.05, 4.69) is 47.5 Å². The van der Waals surface area contributed by atoms with Gasteiger partial charge in [0.15, 0.2) is 28.9 Å². The number of ketones is 5. The molecule has 2 aliphatic heterocycles. The lowest BCUT2D eigenvalue weighted by atomic mass is 9.79. The number of amides is 12. The number of ether oxygens (including phenoxy) is 2. The normalized spacial score (nSPS) is 19.3. The van der Waals surface area contributed by atoms with Crippen molar-refractivity contribution in [3.8, 4) is 5.75 Å². The number of aliphatic hydroxyl groups excluding tert-OH is 1. The number of carboxylic acid groups (broad SMARTS) is 1. The summed E-state index contributed by atoms with van der Waals surface area (Å²) < 4.78 is 11.5. The van der Waals surface area contributed by atoms with E-state index in [0.717, 1.165) is 29.5 Å². The minimum Gasteiger partial charge on any atom is -0.492 e. The number of Topliss-reactive ketones (excluding diaryl/α,β-unsaturated/α-hetero) is 5. The Balaban J connectivity index is 0.0000101. The number of fused-ring (bicyclic) bond motifs is 2. The molecule has 1 aromatic heterocycles. The van der Waals surface area contributed by atoms with Gasteiger partial charge < -0.3 is 107 Å². The first-order chi connectivity index (χ1) is 61.8. The highest BCUT2D eigenvalue weighted by atomic mass is 32.2. The van der Waals surface area contributed by atoms with Crippen LogP contribution in [0.25, 0.3) is 21.7 Å². The number of rotatable bonds is 47. The Morgan fingerprint density at radius 1 is 0.631 bits per heavy atom. The van der Waals surface area contributed by atoms with E-state index in [1.165, 1.54) is 7.05 Å². The number of hydrogen-bond acceptors (Lipinski definition) is 25. The summed E-state index contributed by atoms with van der Waals surface area (Å²) in [7, 11) is 1.51. The lowest BCUT2D eigenvalue weighted by molar-refractivity contribution is -0.142. The molecular formula is C90H127N17O22S. The van der Waals surface area contributed by atoms with Gasteiger partial charge in [0.1, 0.15) is 30.0 Å². The highest BCUT2D eigenvalue weighted by Crippen LogP contribution is 2.32. The van der Waals surface area contributed by atoms with E-state index in [-0.39, 0.29) is 103 Å². The smallest absolute Gasteiger partial charge is 0.303 e. The Kier molecular flexibility index (Phi) is 43.8. The van der Waals surface area contributed by atoms with Crippen LogP contribution in [0.4, 0.5) is 0 Å². The van der Waals surface area contributed by atoms with Crippen molar-refractivity contribution in [3.05, 3.63) is 114 Å². The number of aliphatic carboxylic acids is 1. The van der Waals surface area contributed by atoms with Crippen LogP contribution in [-0.2, 0) is 110 Å². The summed E-state index contributed by atoms with van der Waals surface area (Å²) in [5.41, 5.74) is 39.0. The van der Waals surface area contributed by atoms with E-state index in [4.69, 9.17) is 55.0 Å². The average Bonchev–Trinajstić information content (AvgIpc) is 1.61. The fraction of sp³-hybridized carbons (Fsp3) is 0.522. The quantitative estimate of drug-likeness (QED) is 0.0144. The van der Waals surface area contributed by atoms with Gasteiger partial charge in [-0.05, 0) is 117 Å². The first-order valence-electron chi connectivity index (χ1n) is 43.6. The van der Waals surface area contributed by atoms with Gasteiger partial charge in [-0.25, -0.2) is 0 Å². The Morgan fingerprint density at radius 3 is 1.91 bits per heavy atom. The predicted octanol–water partition coefficient (Wildman–Crippen LogP) is 0.644. The monoisotopic (exact) mass is 1830 g/mol. The van der Waals surface area contributed by atoms with Crippen molar-refractivity contribution in [2.45, 2.75) is 222 Å². The van der Waals surface area contributed by atoms with Gasteiger partial charge >= 0.3 is 5.97 Å². The molecular weight excluding hydrogens is 1700 g/mol. The highest BCUT2D eigenvalue weighted by molar-refractivity contribution is 7.99. The van der Waals surface area contributed by atoms with Crippen LogP contribution in [0.2, 0.25) is 0 Å². The second kappa shape index (κ2) is 53.5. The Bertz CT molecular complexity index is 4830. The molecule has 12 amide bonds. The number of aromatic nitrogens is 1. The van der Waals surface area contributed by atoms with Crippen LogP contribution >= 0.6 is 11.8 Å². The molecule has 710 valence electrons. The third-order valence-corrected chi connectivity index (χ3v) is 23.9. The van der Waals surface area contributed by atoms with E-state index in [1.807, 2.05) is 32.0 Å². The molecule has 13 unspecified atom stereocenters. The van der Waals surface area contributed by atoms with Crippen LogP contribution in [-0.4, -0.2) is 226 Å². The molecule has 13 atom stereocenters. The van der Waals surface area contributed by atoms with Crippen molar-refractivity contribution >= 4 is 145 Å². The number of carbonyl (C=O) groups is 18. The molecule has 39 nitrogen and oxygen atoms in total. The SMILES string of the molecule is CC.CNC(CCCCC(=N)N)C(=O)NC1CCSCC(C(=O)NC(Cc2ccc(OCCN)cc2)C(=O)CC(Cc2ccc3ccccc3c2)C(=O)NC2(C(=O)CC(CCC(=O)O)C(=O)NC(CC(N)=O)C(=O)CC(CC(N)=O)C(N)=O)CCOCC2)CC(=O)C(CCC(N)=O)NC(=O)C(Cc2c[nH]c3ccccc23)NC(=O)C(C(C)O)NC(=O)C(CCC(N)=O)CC1=O.[2HH]. The Morgan fingerprint density at radius 2 is 1.27 bits per heavy atom. The molecule has 2 saturated heterocycles. The maximum atomic E-state index is 16.0. The zero-order chi connectivity index (χ0) is 95.9. The fourth-order valence-electron chi connectivity index (χ4n) is 15.4. The molecule has 0 aliphatic carbocycles. The molecule has 2 fully saturated rings. The van der Waals surface area contributed by atoms with Crippen LogP contribution < -0.4 is 87.4 Å². The lowest BCUT2D eigenvalue weighted by Gasteiger charge is -2.38. The van der Waals surface area contributed by atoms with Crippen LogP contribution in [0.1, 0.15) is 167 Å². The zero-order valence-corrected chi connectivity index (χ0v) is 74.6. The molecule has 0 saturated carbocycles. The summed E-state index contributed by atoms with van der Waals surface area (Å²) in [4.78, 5) is 258. The molecule has 3 heterocycles. The van der Waals surface area contributed by atoms with E-state index in [0.29, 0.717) is 46.2 Å². The van der Waals surface area contributed by atoms with Crippen molar-refractivity contribution in [3.63, 3.8) is 0 Å². The van der Waals surface area contributed by atoms with E-state index < -0.39 is 266 Å². The number of nitrogens with two attached hydrogens (primary N) is 7. The number of likely N-dealkylation sites (N-methyl/N-ethyl adjacent to an activating group) is 1. The van der Waals surface area contributed by atoms with E-state index in [1.54, 1.807) is 79.0 Å². The Labute approximate surface area is 758 Å². The van der Waals surface area contributed by atoms with Gasteiger partial charge in [-0.3, -0.25) is 91.7 Å². The molecule has 26 N–H and O–H groups in total. The summed E-state index contributed by atoms with van der Waals surface area (Å²) in [6.45, 7) is 5.10. The minimum absolute atomic E-state index is 0. The topological polar surface area (TPSA) is 684 Å². The largest absolute Gasteiger partial charge is 0.492 e. The van der Waals surface area contributed by atoms with Gasteiger partial charge in [-0.2, -0.15) is 11.8 Å². The number of hydrogen-bond donors (Lipinski definition) is 19. The number of aliphatic hydroxyl groups is 1. The third kappa shape index (κ3) is 34.6. The third-order valence-electron chi connectivity index (χ3n) is 22.7. The van der Waals surface area contributed by atoms with Crippen LogP contribution in [0.3, 0.4) is 0 Å². The van der Waals surface area contributed by atoms with Crippen molar-refractivity contribution < 1.29 is 107 Å². The van der Waals surface area contributed by atoms with Crippen molar-refractivity contribution in [2.75, 3.05) is 44.9 Å². The number of aromatic amines is 1. The lowest BCUT2D eigenvalue weighted by Crippen LogP contribution is -2.59. The molecule has 7 rings (SSSR count).